The molecule has 1 aromatic heterocycles. The van der Waals surface area contributed by atoms with Gasteiger partial charge in [0.2, 0.25) is 0 Å². The van der Waals surface area contributed by atoms with Gasteiger partial charge in [0.25, 0.3) is 5.91 Å². The number of carbonyl (C=O) groups is 1. The van der Waals surface area contributed by atoms with E-state index in [4.69, 9.17) is 0 Å². The number of fused-ring (bicyclic) bond motifs is 1. The van der Waals surface area contributed by atoms with E-state index >= 15 is 0 Å². The summed E-state index contributed by atoms with van der Waals surface area (Å²) in [4.78, 5) is 11.9. The molecule has 0 aliphatic carbocycles. The van der Waals surface area contributed by atoms with Crippen molar-refractivity contribution in [2.24, 2.45) is 0 Å². The summed E-state index contributed by atoms with van der Waals surface area (Å²) in [5.41, 5.74) is 0.738. The number of amides is 1. The number of hydrogen-bond donors (Lipinski definition) is 2. The maximum Gasteiger partial charge on any atom is 0.251 e. The van der Waals surface area contributed by atoms with Crippen LogP contribution in [0.3, 0.4) is 0 Å². The third kappa shape index (κ3) is 3.23. The molecule has 3 nitrogen and oxygen atoms in total. The van der Waals surface area contributed by atoms with Crippen molar-refractivity contribution in [3.63, 3.8) is 0 Å². The Morgan fingerprint density at radius 3 is 2.74 bits per heavy atom. The van der Waals surface area contributed by atoms with Crippen LogP contribution in [0.4, 0.5) is 8.78 Å². The van der Waals surface area contributed by atoms with Crippen LogP contribution >= 0.6 is 11.3 Å². The third-order valence-electron chi connectivity index (χ3n) is 3.51. The van der Waals surface area contributed by atoms with Crippen LogP contribution in [-0.4, -0.2) is 17.6 Å². The number of carbonyl (C=O) groups excluding carboxylic acids is 1. The number of thiophene rings is 1. The lowest BCUT2D eigenvalue weighted by Crippen LogP contribution is -2.28. The number of nitrogens with one attached hydrogen (secondary N) is 1. The molecular weight excluding hydrogens is 320 g/mol. The summed E-state index contributed by atoms with van der Waals surface area (Å²) >= 11 is 1.51. The second-order valence-electron chi connectivity index (χ2n) is 5.04. The first kappa shape index (κ1) is 15.6. The minimum absolute atomic E-state index is 0.00581. The van der Waals surface area contributed by atoms with Crippen molar-refractivity contribution in [2.45, 2.75) is 6.10 Å². The zero-order valence-corrected chi connectivity index (χ0v) is 12.7. The molecule has 0 fully saturated rings. The number of halogens is 2. The molecule has 1 amide bonds. The van der Waals surface area contributed by atoms with Crippen LogP contribution in [0.2, 0.25) is 0 Å². The van der Waals surface area contributed by atoms with Crippen LogP contribution in [0.5, 0.6) is 0 Å². The number of aliphatic hydroxyl groups is 1. The van der Waals surface area contributed by atoms with E-state index in [-0.39, 0.29) is 12.1 Å². The van der Waals surface area contributed by atoms with Crippen LogP contribution in [0.15, 0.2) is 47.8 Å². The zero-order chi connectivity index (χ0) is 16.4. The maximum atomic E-state index is 13.1. The highest BCUT2D eigenvalue weighted by molar-refractivity contribution is 7.17. The van der Waals surface area contributed by atoms with Gasteiger partial charge in [0.05, 0.1) is 6.10 Å². The van der Waals surface area contributed by atoms with Crippen molar-refractivity contribution < 1.29 is 18.7 Å². The number of rotatable bonds is 4. The quantitative estimate of drug-likeness (QED) is 0.766. The Balaban J connectivity index is 1.70. The molecule has 0 spiro atoms. The van der Waals surface area contributed by atoms with Gasteiger partial charge >= 0.3 is 0 Å². The summed E-state index contributed by atoms with van der Waals surface area (Å²) in [6.45, 7) is -0.0153. The molecule has 3 rings (SSSR count). The van der Waals surface area contributed by atoms with Crippen molar-refractivity contribution in [2.75, 3.05) is 6.54 Å². The first-order chi connectivity index (χ1) is 11.1. The minimum Gasteiger partial charge on any atom is -0.387 e. The van der Waals surface area contributed by atoms with Gasteiger partial charge in [-0.2, -0.15) is 0 Å². The average Bonchev–Trinajstić information content (AvgIpc) is 2.99. The Hall–Kier alpha value is -2.31. The molecule has 0 saturated carbocycles. The van der Waals surface area contributed by atoms with Crippen molar-refractivity contribution in [1.29, 1.82) is 0 Å². The maximum absolute atomic E-state index is 13.1. The van der Waals surface area contributed by atoms with Gasteiger partial charge in [0.15, 0.2) is 11.6 Å². The Bertz CT molecular complexity index is 863. The van der Waals surface area contributed by atoms with Crippen LogP contribution in [0, 0.1) is 11.6 Å². The molecule has 0 aliphatic heterocycles. The summed E-state index contributed by atoms with van der Waals surface area (Å²) in [5, 5.41) is 15.6. The summed E-state index contributed by atoms with van der Waals surface area (Å²) in [7, 11) is 0. The Morgan fingerprint density at radius 2 is 1.96 bits per heavy atom. The van der Waals surface area contributed by atoms with Crippen LogP contribution in [-0.2, 0) is 0 Å². The second kappa shape index (κ2) is 6.44. The fourth-order valence-corrected chi connectivity index (χ4v) is 3.30. The van der Waals surface area contributed by atoms with Crippen LogP contribution < -0.4 is 5.32 Å². The molecule has 3 aromatic rings. The van der Waals surface area contributed by atoms with Crippen molar-refractivity contribution >= 4 is 27.3 Å². The number of aliphatic hydroxyl groups excluding tert-OH is 1. The monoisotopic (exact) mass is 333 g/mol. The van der Waals surface area contributed by atoms with Gasteiger partial charge in [-0.25, -0.2) is 8.78 Å². The fraction of sp³-hybridized carbons (Fsp3) is 0.118. The van der Waals surface area contributed by atoms with Crippen molar-refractivity contribution in [3.8, 4) is 0 Å². The molecule has 0 bridgehead atoms. The lowest BCUT2D eigenvalue weighted by atomic mass is 10.1. The predicted molar refractivity (Wildman–Crippen MR) is 85.5 cm³/mol. The molecule has 2 aromatic carbocycles. The molecule has 0 radical (unpaired) electrons. The van der Waals surface area contributed by atoms with Gasteiger partial charge in [-0.15, -0.1) is 11.3 Å². The summed E-state index contributed by atoms with van der Waals surface area (Å²) < 4.78 is 27.0. The van der Waals surface area contributed by atoms with Crippen molar-refractivity contribution in [1.82, 2.24) is 5.32 Å². The molecule has 1 atom stereocenters. The van der Waals surface area contributed by atoms with E-state index in [2.05, 4.69) is 5.32 Å². The first-order valence-corrected chi connectivity index (χ1v) is 7.81. The lowest BCUT2D eigenvalue weighted by molar-refractivity contribution is 0.0916. The highest BCUT2D eigenvalue weighted by Crippen LogP contribution is 2.29. The van der Waals surface area contributed by atoms with Gasteiger partial charge in [0.1, 0.15) is 0 Å². The Morgan fingerprint density at radius 1 is 1.17 bits per heavy atom. The standard InChI is InChI=1S/C17H13F2NO2S/c18-13-6-5-10(7-14(13)19)17(22)20-8-15(21)12-9-23-16-4-2-1-3-11(12)16/h1-7,9,15,21H,8H2,(H,20,22). The van der Waals surface area contributed by atoms with Gasteiger partial charge < -0.3 is 10.4 Å². The smallest absolute Gasteiger partial charge is 0.251 e. The third-order valence-corrected chi connectivity index (χ3v) is 4.49. The van der Waals surface area contributed by atoms with Gasteiger partial charge in [-0.1, -0.05) is 18.2 Å². The van der Waals surface area contributed by atoms with E-state index in [1.165, 1.54) is 17.4 Å². The van der Waals surface area contributed by atoms with Gasteiger partial charge in [-0.3, -0.25) is 4.79 Å². The minimum atomic E-state index is -1.08. The topological polar surface area (TPSA) is 49.3 Å². The van der Waals surface area contributed by atoms with E-state index < -0.39 is 23.6 Å². The molecule has 0 saturated heterocycles. The first-order valence-electron chi connectivity index (χ1n) is 6.93. The van der Waals surface area contributed by atoms with E-state index in [1.54, 1.807) is 0 Å². The van der Waals surface area contributed by atoms with E-state index in [1.807, 2.05) is 29.6 Å². The SMILES string of the molecule is O=C(NCC(O)c1csc2ccccc12)c1ccc(F)c(F)c1. The summed E-state index contributed by atoms with van der Waals surface area (Å²) in [5.74, 6) is -2.66. The summed E-state index contributed by atoms with van der Waals surface area (Å²) in [6.07, 6.45) is -0.875. The highest BCUT2D eigenvalue weighted by atomic mass is 32.1. The Labute approximate surface area is 135 Å². The Kier molecular flexibility index (Phi) is 4.36. The lowest BCUT2D eigenvalue weighted by Gasteiger charge is -2.11. The zero-order valence-electron chi connectivity index (χ0n) is 11.9. The normalized spacial score (nSPS) is 12.3. The predicted octanol–water partition coefficient (Wildman–Crippen LogP) is 3.64. The van der Waals surface area contributed by atoms with Gasteiger partial charge in [-0.05, 0) is 35.0 Å². The van der Waals surface area contributed by atoms with Crippen molar-refractivity contribution in [3.05, 3.63) is 70.6 Å². The molecule has 1 unspecified atom stereocenters. The van der Waals surface area contributed by atoms with E-state index in [0.717, 1.165) is 27.8 Å². The molecule has 1 heterocycles. The number of hydrogen-bond acceptors (Lipinski definition) is 3. The fourth-order valence-electron chi connectivity index (χ4n) is 2.30. The molecule has 6 heteroatoms. The molecule has 23 heavy (non-hydrogen) atoms. The average molecular weight is 333 g/mol. The summed E-state index contributed by atoms with van der Waals surface area (Å²) in [6, 6.07) is 10.6. The van der Waals surface area contributed by atoms with Crippen LogP contribution in [0.25, 0.3) is 10.1 Å². The van der Waals surface area contributed by atoms with E-state index in [0.29, 0.717) is 0 Å². The largest absolute Gasteiger partial charge is 0.387 e. The second-order valence-corrected chi connectivity index (χ2v) is 5.95. The highest BCUT2D eigenvalue weighted by Gasteiger charge is 2.15. The molecule has 118 valence electrons. The molecule has 0 aliphatic rings. The molecule has 2 N–H and O–H groups in total. The van der Waals surface area contributed by atoms with Gasteiger partial charge in [0, 0.05) is 22.4 Å². The van der Waals surface area contributed by atoms with E-state index in [9.17, 15) is 18.7 Å². The number of benzene rings is 2. The van der Waals surface area contributed by atoms with Crippen LogP contribution in [0.1, 0.15) is 22.0 Å². The molecular formula is C17H13F2NO2S.